The molecule has 0 radical (unpaired) electrons. The van der Waals surface area contributed by atoms with Gasteiger partial charge in [0.2, 0.25) is 0 Å². The van der Waals surface area contributed by atoms with Gasteiger partial charge in [-0.25, -0.2) is 0 Å². The number of carbonyl (C=O) groups is 1. The number of halogens is 2. The Balaban J connectivity index is 2.05. The number of aromatic nitrogens is 4. The Bertz CT molecular complexity index is 1010. The molecule has 2 heterocycles. The number of para-hydroxylation sites is 1. The zero-order valence-electron chi connectivity index (χ0n) is 11.4. The molecule has 3 rings (SSSR count). The van der Waals surface area contributed by atoms with Crippen molar-refractivity contribution in [2.75, 3.05) is 5.43 Å². The van der Waals surface area contributed by atoms with Gasteiger partial charge in [0.1, 0.15) is 5.69 Å². The lowest BCUT2D eigenvalue weighted by Crippen LogP contribution is -2.35. The van der Waals surface area contributed by atoms with Crippen LogP contribution in [0.15, 0.2) is 41.3 Å². The molecule has 0 fully saturated rings. The Morgan fingerprint density at radius 3 is 2.78 bits per heavy atom. The minimum absolute atomic E-state index is 0.0647. The average molecular weight is 337 g/mol. The molecule has 0 unspecified atom stereocenters. The van der Waals surface area contributed by atoms with Gasteiger partial charge >= 0.3 is 6.55 Å². The van der Waals surface area contributed by atoms with Crippen LogP contribution in [0.3, 0.4) is 0 Å². The molecule has 118 valence electrons. The van der Waals surface area contributed by atoms with Gasteiger partial charge in [0.15, 0.2) is 4.77 Å². The Morgan fingerprint density at radius 2 is 2.04 bits per heavy atom. The van der Waals surface area contributed by atoms with Crippen molar-refractivity contribution in [2.24, 2.45) is 0 Å². The van der Waals surface area contributed by atoms with Crippen molar-refractivity contribution < 1.29 is 13.6 Å². The van der Waals surface area contributed by atoms with E-state index in [9.17, 15) is 18.4 Å². The number of benzene rings is 1. The lowest BCUT2D eigenvalue weighted by molar-refractivity contribution is 0.0518. The second-order valence-corrected chi connectivity index (χ2v) is 4.88. The molecule has 0 bridgehead atoms. The van der Waals surface area contributed by atoms with E-state index < -0.39 is 23.7 Å². The van der Waals surface area contributed by atoms with Crippen LogP contribution in [0.4, 0.5) is 8.78 Å². The van der Waals surface area contributed by atoms with Crippen LogP contribution in [-0.2, 0) is 0 Å². The summed E-state index contributed by atoms with van der Waals surface area (Å²) in [7, 11) is 0. The summed E-state index contributed by atoms with van der Waals surface area (Å²) in [5, 5.41) is 3.65. The Morgan fingerprint density at radius 1 is 1.30 bits per heavy atom. The maximum absolute atomic E-state index is 12.8. The first kappa shape index (κ1) is 15.0. The molecule has 0 aliphatic heterocycles. The summed E-state index contributed by atoms with van der Waals surface area (Å²) in [5.41, 5.74) is 1.75. The van der Waals surface area contributed by atoms with E-state index in [1.807, 2.05) is 0 Å². The van der Waals surface area contributed by atoms with Crippen molar-refractivity contribution in [2.45, 2.75) is 6.55 Å². The van der Waals surface area contributed by atoms with Crippen molar-refractivity contribution in [1.82, 2.24) is 19.4 Å². The molecular formula is C13H9F2N5O2S. The highest BCUT2D eigenvalue weighted by atomic mass is 32.1. The van der Waals surface area contributed by atoms with E-state index in [4.69, 9.17) is 12.2 Å². The van der Waals surface area contributed by atoms with E-state index in [1.165, 1.54) is 0 Å². The second kappa shape index (κ2) is 5.72. The lowest BCUT2D eigenvalue weighted by Gasteiger charge is -2.10. The van der Waals surface area contributed by atoms with Crippen molar-refractivity contribution in [3.63, 3.8) is 0 Å². The average Bonchev–Trinajstić information content (AvgIpc) is 3.01. The van der Waals surface area contributed by atoms with Gasteiger partial charge in [0.25, 0.3) is 11.5 Å². The topological polar surface area (TPSA) is 84.7 Å². The smallest absolute Gasteiger partial charge is 0.330 e. The molecule has 1 amide bonds. The second-order valence-electron chi connectivity index (χ2n) is 4.50. The quantitative estimate of drug-likeness (QED) is 0.716. The molecule has 0 atom stereocenters. The minimum Gasteiger partial charge on any atom is -0.330 e. The van der Waals surface area contributed by atoms with Gasteiger partial charge in [-0.3, -0.25) is 15.0 Å². The van der Waals surface area contributed by atoms with E-state index in [0.29, 0.717) is 10.9 Å². The maximum Gasteiger partial charge on any atom is 0.333 e. The highest BCUT2D eigenvalue weighted by Crippen LogP contribution is 2.12. The summed E-state index contributed by atoms with van der Waals surface area (Å²) in [6, 6.07) is 7.69. The third-order valence-electron chi connectivity index (χ3n) is 3.11. The van der Waals surface area contributed by atoms with Gasteiger partial charge in [-0.05, 0) is 30.4 Å². The Labute approximate surface area is 132 Å². The molecule has 2 N–H and O–H groups in total. The molecule has 0 saturated heterocycles. The van der Waals surface area contributed by atoms with E-state index >= 15 is 0 Å². The SMILES string of the molecule is O=C(Nn1c(=S)[nH]c2ccccc2c1=O)c1ccnn1C(F)F. The molecule has 23 heavy (non-hydrogen) atoms. The van der Waals surface area contributed by atoms with Crippen LogP contribution >= 0.6 is 12.2 Å². The van der Waals surface area contributed by atoms with Crippen molar-refractivity contribution in [3.05, 3.63) is 57.3 Å². The van der Waals surface area contributed by atoms with Crippen LogP contribution in [0, 0.1) is 4.77 Å². The summed E-state index contributed by atoms with van der Waals surface area (Å²) in [4.78, 5) is 27.3. The number of rotatable bonds is 3. The molecular weight excluding hydrogens is 328 g/mol. The van der Waals surface area contributed by atoms with Gasteiger partial charge in [0.05, 0.1) is 10.9 Å². The van der Waals surface area contributed by atoms with Crippen molar-refractivity contribution in [1.29, 1.82) is 0 Å². The number of hydrogen-bond donors (Lipinski definition) is 2. The predicted molar refractivity (Wildman–Crippen MR) is 80.6 cm³/mol. The molecule has 1 aromatic carbocycles. The van der Waals surface area contributed by atoms with Gasteiger partial charge in [-0.15, -0.1) is 0 Å². The van der Waals surface area contributed by atoms with Crippen LogP contribution in [0.1, 0.15) is 17.0 Å². The Hall–Kier alpha value is -2.88. The van der Waals surface area contributed by atoms with E-state index in [1.54, 1.807) is 24.3 Å². The lowest BCUT2D eigenvalue weighted by atomic mass is 10.2. The normalized spacial score (nSPS) is 11.1. The summed E-state index contributed by atoms with van der Waals surface area (Å²) < 4.78 is 26.5. The molecule has 10 heteroatoms. The molecule has 2 aromatic heterocycles. The first-order chi connectivity index (χ1) is 11.0. The highest BCUT2D eigenvalue weighted by Gasteiger charge is 2.19. The van der Waals surface area contributed by atoms with Crippen molar-refractivity contribution in [3.8, 4) is 0 Å². The minimum atomic E-state index is -2.98. The summed E-state index contributed by atoms with van der Waals surface area (Å²) in [6.07, 6.45) is 1.06. The van der Waals surface area contributed by atoms with Crippen LogP contribution in [0.5, 0.6) is 0 Å². The number of H-pyrrole nitrogens is 1. The zero-order valence-corrected chi connectivity index (χ0v) is 12.2. The number of hydrogen-bond acceptors (Lipinski definition) is 4. The molecule has 0 saturated carbocycles. The fraction of sp³-hybridized carbons (Fsp3) is 0.0769. The number of fused-ring (bicyclic) bond motifs is 1. The van der Waals surface area contributed by atoms with Gasteiger partial charge < -0.3 is 4.98 Å². The number of alkyl halides is 2. The third kappa shape index (κ3) is 2.63. The van der Waals surface area contributed by atoms with E-state index in [2.05, 4.69) is 15.5 Å². The number of nitrogens with one attached hydrogen (secondary N) is 2. The molecule has 7 nitrogen and oxygen atoms in total. The van der Waals surface area contributed by atoms with Crippen molar-refractivity contribution >= 4 is 29.0 Å². The first-order valence-electron chi connectivity index (χ1n) is 6.36. The number of carbonyl (C=O) groups excluding carboxylic acids is 1. The van der Waals surface area contributed by atoms with Crippen LogP contribution < -0.4 is 11.0 Å². The fourth-order valence-corrected chi connectivity index (χ4v) is 2.31. The Kier molecular flexibility index (Phi) is 3.74. The largest absolute Gasteiger partial charge is 0.333 e. The molecule has 0 aliphatic rings. The highest BCUT2D eigenvalue weighted by molar-refractivity contribution is 7.71. The number of aromatic amines is 1. The van der Waals surface area contributed by atoms with Gasteiger partial charge in [-0.2, -0.15) is 23.2 Å². The molecule has 0 aliphatic carbocycles. The predicted octanol–water partition coefficient (Wildman–Crippen LogP) is 2.03. The molecule has 3 aromatic rings. The molecule has 0 spiro atoms. The van der Waals surface area contributed by atoms with Crippen LogP contribution in [0.2, 0.25) is 0 Å². The van der Waals surface area contributed by atoms with E-state index in [-0.39, 0.29) is 9.45 Å². The van der Waals surface area contributed by atoms with Crippen LogP contribution in [0.25, 0.3) is 10.9 Å². The number of nitrogens with zero attached hydrogens (tertiary/aromatic N) is 3. The summed E-state index contributed by atoms with van der Waals surface area (Å²) in [5.74, 6) is -0.931. The number of amides is 1. The van der Waals surface area contributed by atoms with Crippen LogP contribution in [-0.4, -0.2) is 25.3 Å². The fourth-order valence-electron chi connectivity index (χ4n) is 2.07. The van der Waals surface area contributed by atoms with Gasteiger partial charge in [0, 0.05) is 6.20 Å². The van der Waals surface area contributed by atoms with E-state index in [0.717, 1.165) is 16.9 Å². The zero-order chi connectivity index (χ0) is 16.6. The standard InChI is InChI=1S/C13H9F2N5O2S/c14-12(15)19-9(5-6-16-19)10(21)18-20-11(22)7-3-1-2-4-8(7)17-13(20)23/h1-6,12H,(H,17,23)(H,18,21). The first-order valence-corrected chi connectivity index (χ1v) is 6.77. The monoisotopic (exact) mass is 337 g/mol. The third-order valence-corrected chi connectivity index (χ3v) is 3.39. The maximum atomic E-state index is 12.8. The van der Waals surface area contributed by atoms with Gasteiger partial charge in [-0.1, -0.05) is 12.1 Å². The summed E-state index contributed by atoms with van der Waals surface area (Å²) in [6.45, 7) is -2.98. The summed E-state index contributed by atoms with van der Waals surface area (Å²) >= 11 is 5.02.